The van der Waals surface area contributed by atoms with Crippen LogP contribution in [0.25, 0.3) is 21.5 Å². The van der Waals surface area contributed by atoms with E-state index in [4.69, 9.17) is 0 Å². The van der Waals surface area contributed by atoms with Gasteiger partial charge in [-0.1, -0.05) is 72.8 Å². The van der Waals surface area contributed by atoms with E-state index in [1.807, 2.05) is 48.5 Å². The highest BCUT2D eigenvalue weighted by atomic mass is 32.2. The van der Waals surface area contributed by atoms with Gasteiger partial charge in [0.2, 0.25) is 0 Å². The molecular formula is C22H14O3S. The maximum Gasteiger partial charge on any atom is 0.257 e. The first-order valence-corrected chi connectivity index (χ1v) is 9.28. The van der Waals surface area contributed by atoms with Crippen molar-refractivity contribution in [3.8, 4) is 0 Å². The zero-order valence-corrected chi connectivity index (χ0v) is 14.5. The second kappa shape index (κ2) is 6.65. The highest BCUT2D eigenvalue weighted by Crippen LogP contribution is 2.23. The molecule has 0 heterocycles. The molecule has 0 N–H and O–H groups in total. The van der Waals surface area contributed by atoms with E-state index in [1.165, 1.54) is 0 Å². The van der Waals surface area contributed by atoms with Crippen LogP contribution in [0.3, 0.4) is 0 Å². The van der Waals surface area contributed by atoms with Gasteiger partial charge in [-0.15, -0.1) is 0 Å². The van der Waals surface area contributed by atoms with Crippen molar-refractivity contribution in [2.75, 3.05) is 0 Å². The van der Waals surface area contributed by atoms with Crippen molar-refractivity contribution in [3.05, 3.63) is 96.1 Å². The van der Waals surface area contributed by atoms with E-state index in [0.29, 0.717) is 21.9 Å². The van der Waals surface area contributed by atoms with Gasteiger partial charge in [-0.25, -0.2) is 4.21 Å². The number of hydrogen-bond donors (Lipinski definition) is 0. The molecule has 0 saturated heterocycles. The fourth-order valence-corrected chi connectivity index (χ4v) is 4.01. The first kappa shape index (κ1) is 16.4. The number of hydrogen-bond acceptors (Lipinski definition) is 3. The molecule has 0 aromatic heterocycles. The van der Waals surface area contributed by atoms with Crippen LogP contribution in [0, 0.1) is 0 Å². The predicted octanol–water partition coefficient (Wildman–Crippen LogP) is 4.72. The molecule has 0 bridgehead atoms. The molecular weight excluding hydrogens is 344 g/mol. The van der Waals surface area contributed by atoms with E-state index >= 15 is 0 Å². The van der Waals surface area contributed by atoms with Gasteiger partial charge < -0.3 is 0 Å². The molecule has 4 aromatic rings. The van der Waals surface area contributed by atoms with Gasteiger partial charge in [-0.2, -0.15) is 0 Å². The van der Waals surface area contributed by atoms with Gasteiger partial charge in [-0.05, 0) is 33.7 Å². The topological polar surface area (TPSA) is 51.2 Å². The van der Waals surface area contributed by atoms with Gasteiger partial charge in [0, 0.05) is 11.1 Å². The van der Waals surface area contributed by atoms with E-state index in [2.05, 4.69) is 0 Å². The summed E-state index contributed by atoms with van der Waals surface area (Å²) in [7, 11) is -2.30. The minimum Gasteiger partial charge on any atom is -0.278 e. The summed E-state index contributed by atoms with van der Waals surface area (Å²) in [4.78, 5) is 25.6. The zero-order chi connectivity index (χ0) is 18.1. The summed E-state index contributed by atoms with van der Waals surface area (Å²) < 4.78 is 12.7. The summed E-state index contributed by atoms with van der Waals surface area (Å²) in [5.41, 5.74) is 0.602. The Morgan fingerprint density at radius 2 is 0.923 bits per heavy atom. The van der Waals surface area contributed by atoms with Gasteiger partial charge in [0.05, 0.1) is 0 Å². The summed E-state index contributed by atoms with van der Waals surface area (Å²) in [5, 5.41) is 1.79. The van der Waals surface area contributed by atoms with Crippen molar-refractivity contribution in [1.82, 2.24) is 0 Å². The lowest BCUT2D eigenvalue weighted by molar-refractivity contribution is 0.105. The second-order valence-corrected chi connectivity index (χ2v) is 7.18. The van der Waals surface area contributed by atoms with Crippen molar-refractivity contribution in [2.45, 2.75) is 0 Å². The lowest BCUT2D eigenvalue weighted by atomic mass is 10.1. The molecule has 4 heteroatoms. The molecule has 0 amide bonds. The third kappa shape index (κ3) is 2.74. The summed E-state index contributed by atoms with van der Waals surface area (Å²) in [6.45, 7) is 0. The molecule has 0 atom stereocenters. The fraction of sp³-hybridized carbons (Fsp3) is 0. The van der Waals surface area contributed by atoms with Crippen molar-refractivity contribution in [3.63, 3.8) is 0 Å². The molecule has 126 valence electrons. The normalized spacial score (nSPS) is 11.1. The molecule has 26 heavy (non-hydrogen) atoms. The van der Waals surface area contributed by atoms with Crippen molar-refractivity contribution >= 4 is 42.6 Å². The number of carbonyl (C=O) groups excluding carboxylic acids is 2. The zero-order valence-electron chi connectivity index (χ0n) is 13.7. The Balaban J connectivity index is 1.77. The Morgan fingerprint density at radius 3 is 1.38 bits per heavy atom. The van der Waals surface area contributed by atoms with Crippen LogP contribution in [0.4, 0.5) is 0 Å². The first-order chi connectivity index (χ1) is 12.7. The Hall–Kier alpha value is -3.11. The van der Waals surface area contributed by atoms with Crippen LogP contribution in [0.5, 0.6) is 0 Å². The number of carbonyl (C=O) groups is 2. The van der Waals surface area contributed by atoms with Gasteiger partial charge in [0.25, 0.3) is 10.2 Å². The Morgan fingerprint density at radius 1 is 0.538 bits per heavy atom. The molecule has 4 aromatic carbocycles. The lowest BCUT2D eigenvalue weighted by Crippen LogP contribution is -2.18. The fourth-order valence-electron chi connectivity index (χ4n) is 3.09. The van der Waals surface area contributed by atoms with Gasteiger partial charge in [0.15, 0.2) is 10.8 Å². The minimum absolute atomic E-state index is 0.301. The van der Waals surface area contributed by atoms with Gasteiger partial charge in [-0.3, -0.25) is 9.59 Å². The number of benzene rings is 4. The van der Waals surface area contributed by atoms with Gasteiger partial charge in [0.1, 0.15) is 0 Å². The van der Waals surface area contributed by atoms with Crippen LogP contribution in [-0.4, -0.2) is 14.4 Å². The van der Waals surface area contributed by atoms with Crippen LogP contribution in [0.2, 0.25) is 0 Å². The summed E-state index contributed by atoms with van der Waals surface area (Å²) in [6.07, 6.45) is 0. The van der Waals surface area contributed by atoms with Crippen LogP contribution in [0.15, 0.2) is 84.9 Å². The molecule has 0 radical (unpaired) electrons. The Labute approximate surface area is 152 Å². The maximum absolute atomic E-state index is 12.8. The van der Waals surface area contributed by atoms with E-state index in [1.54, 1.807) is 36.4 Å². The third-order valence-corrected chi connectivity index (χ3v) is 5.47. The summed E-state index contributed by atoms with van der Waals surface area (Å²) >= 11 is 0. The summed E-state index contributed by atoms with van der Waals surface area (Å²) in [6, 6.07) is 25.1. The number of rotatable bonds is 2. The average molecular weight is 358 g/mol. The molecule has 4 rings (SSSR count). The SMILES string of the molecule is O=C(c1cccc2ccccc12)S(=O)C(=O)c1cccc2ccccc12. The van der Waals surface area contributed by atoms with Crippen molar-refractivity contribution in [2.24, 2.45) is 0 Å². The van der Waals surface area contributed by atoms with Crippen molar-refractivity contribution in [1.29, 1.82) is 0 Å². The maximum atomic E-state index is 12.8. The summed E-state index contributed by atoms with van der Waals surface area (Å²) in [5.74, 6) is 0. The van der Waals surface area contributed by atoms with Crippen molar-refractivity contribution < 1.29 is 13.8 Å². The lowest BCUT2D eigenvalue weighted by Gasteiger charge is -2.07. The Bertz CT molecular complexity index is 1090. The minimum atomic E-state index is -2.30. The largest absolute Gasteiger partial charge is 0.278 e. The molecule has 3 nitrogen and oxygen atoms in total. The van der Waals surface area contributed by atoms with E-state index in [9.17, 15) is 13.8 Å². The second-order valence-electron chi connectivity index (χ2n) is 5.90. The van der Waals surface area contributed by atoms with Gasteiger partial charge >= 0.3 is 0 Å². The molecule has 0 aliphatic heterocycles. The Kier molecular flexibility index (Phi) is 4.19. The highest BCUT2D eigenvalue weighted by molar-refractivity contribution is 8.14. The molecule has 0 fully saturated rings. The first-order valence-electron chi connectivity index (χ1n) is 8.13. The smallest absolute Gasteiger partial charge is 0.257 e. The average Bonchev–Trinajstić information content (AvgIpc) is 2.71. The van der Waals surface area contributed by atoms with Crippen LogP contribution in [0.1, 0.15) is 20.7 Å². The molecule has 0 unspecified atom stereocenters. The molecule has 0 saturated carbocycles. The third-order valence-electron chi connectivity index (χ3n) is 4.36. The van der Waals surface area contributed by atoms with Crippen LogP contribution < -0.4 is 0 Å². The highest BCUT2D eigenvalue weighted by Gasteiger charge is 2.26. The number of fused-ring (bicyclic) bond motifs is 2. The van der Waals surface area contributed by atoms with E-state index in [0.717, 1.165) is 10.8 Å². The monoisotopic (exact) mass is 358 g/mol. The molecule has 0 aliphatic carbocycles. The molecule has 0 aliphatic rings. The van der Waals surface area contributed by atoms with Crippen LogP contribution >= 0.6 is 0 Å². The molecule has 0 spiro atoms. The predicted molar refractivity (Wildman–Crippen MR) is 105 cm³/mol. The standard InChI is InChI=1S/C22H14O3S/c23-21(19-13-5-9-15-7-1-3-11-17(15)19)26(25)22(24)20-14-6-10-16-8-2-4-12-18(16)20/h1-14H. The van der Waals surface area contributed by atoms with Crippen LogP contribution in [-0.2, 0) is 10.8 Å². The van der Waals surface area contributed by atoms with E-state index < -0.39 is 21.0 Å². The quantitative estimate of drug-likeness (QED) is 0.521. The van der Waals surface area contributed by atoms with E-state index in [-0.39, 0.29) is 0 Å².